The van der Waals surface area contributed by atoms with Gasteiger partial charge in [0.05, 0.1) is 14.2 Å². The van der Waals surface area contributed by atoms with E-state index in [2.05, 4.69) is 55.6 Å². The van der Waals surface area contributed by atoms with Crippen molar-refractivity contribution in [3.05, 3.63) is 88.5 Å². The zero-order chi connectivity index (χ0) is 23.4. The number of nitrogens with one attached hydrogen (secondary N) is 1. The molecule has 0 bridgehead atoms. The molecule has 3 aromatic rings. The van der Waals surface area contributed by atoms with E-state index in [1.54, 1.807) is 26.4 Å². The van der Waals surface area contributed by atoms with Crippen LogP contribution in [0.4, 0.5) is 0 Å². The lowest BCUT2D eigenvalue weighted by atomic mass is 9.62. The largest absolute Gasteiger partial charge is 0.508 e. The van der Waals surface area contributed by atoms with Gasteiger partial charge in [0.25, 0.3) is 0 Å². The summed E-state index contributed by atoms with van der Waals surface area (Å²) in [6.07, 6.45) is 3.09. The third kappa shape index (κ3) is 5.01. The first-order chi connectivity index (χ1) is 15.9. The molecule has 1 aliphatic carbocycles. The molecule has 4 heteroatoms. The van der Waals surface area contributed by atoms with Gasteiger partial charge in [-0.2, -0.15) is 0 Å². The third-order valence-electron chi connectivity index (χ3n) is 7.15. The molecule has 0 amide bonds. The van der Waals surface area contributed by atoms with Crippen LogP contribution in [-0.2, 0) is 24.8 Å². The van der Waals surface area contributed by atoms with Gasteiger partial charge in [0.1, 0.15) is 17.2 Å². The van der Waals surface area contributed by atoms with E-state index in [9.17, 15) is 5.11 Å². The zero-order valence-corrected chi connectivity index (χ0v) is 20.2. The summed E-state index contributed by atoms with van der Waals surface area (Å²) in [4.78, 5) is 0. The molecule has 0 spiro atoms. The molecule has 3 aromatic carbocycles. The van der Waals surface area contributed by atoms with E-state index in [0.717, 1.165) is 43.9 Å². The van der Waals surface area contributed by atoms with E-state index >= 15 is 0 Å². The van der Waals surface area contributed by atoms with Gasteiger partial charge >= 0.3 is 0 Å². The smallest absolute Gasteiger partial charge is 0.119 e. The number of rotatable bonds is 8. The van der Waals surface area contributed by atoms with Crippen molar-refractivity contribution in [1.82, 2.24) is 5.32 Å². The first kappa shape index (κ1) is 23.2. The van der Waals surface area contributed by atoms with Crippen molar-refractivity contribution in [3.8, 4) is 17.2 Å². The Labute approximate surface area is 197 Å². The molecule has 0 heterocycles. The Morgan fingerprint density at radius 3 is 2.36 bits per heavy atom. The molecule has 2 N–H and O–H groups in total. The van der Waals surface area contributed by atoms with Crippen LogP contribution in [0.1, 0.15) is 54.0 Å². The van der Waals surface area contributed by atoms with Crippen LogP contribution in [0.15, 0.2) is 60.7 Å². The fraction of sp³-hybridized carbons (Fsp3) is 0.379. The first-order valence-corrected chi connectivity index (χ1v) is 11.7. The highest BCUT2D eigenvalue weighted by Crippen LogP contribution is 2.48. The Hall–Kier alpha value is -2.98. The minimum atomic E-state index is 0.0230. The molecule has 33 heavy (non-hydrogen) atoms. The second-order valence-electron chi connectivity index (χ2n) is 9.49. The van der Waals surface area contributed by atoms with Crippen LogP contribution >= 0.6 is 0 Å². The van der Waals surface area contributed by atoms with Gasteiger partial charge in [-0.3, -0.25) is 0 Å². The average molecular weight is 446 g/mol. The maximum absolute atomic E-state index is 9.48. The number of ether oxygens (including phenoxy) is 2. The van der Waals surface area contributed by atoms with Crippen molar-refractivity contribution in [1.29, 1.82) is 0 Å². The summed E-state index contributed by atoms with van der Waals surface area (Å²) in [5.74, 6) is 2.57. The number of aromatic hydroxyl groups is 1. The lowest BCUT2D eigenvalue weighted by Crippen LogP contribution is -2.33. The van der Waals surface area contributed by atoms with Gasteiger partial charge in [0, 0.05) is 6.54 Å². The maximum atomic E-state index is 9.48. The molecule has 4 nitrogen and oxygen atoms in total. The van der Waals surface area contributed by atoms with Crippen LogP contribution in [0.25, 0.3) is 0 Å². The van der Waals surface area contributed by atoms with Gasteiger partial charge in [-0.1, -0.05) is 38.1 Å². The van der Waals surface area contributed by atoms with Crippen molar-refractivity contribution in [2.75, 3.05) is 20.8 Å². The summed E-state index contributed by atoms with van der Waals surface area (Å²) in [5.41, 5.74) is 6.76. The normalized spacial score (nSPS) is 16.8. The summed E-state index contributed by atoms with van der Waals surface area (Å²) in [6, 6.07) is 20.5. The minimum absolute atomic E-state index is 0.0230. The molecule has 4 rings (SSSR count). The van der Waals surface area contributed by atoms with E-state index in [1.807, 2.05) is 12.1 Å². The second kappa shape index (κ2) is 9.88. The summed E-state index contributed by atoms with van der Waals surface area (Å²) >= 11 is 0. The molecule has 1 aliphatic rings. The van der Waals surface area contributed by atoms with E-state index < -0.39 is 0 Å². The van der Waals surface area contributed by atoms with Crippen LogP contribution in [-0.4, -0.2) is 25.9 Å². The standard InChI is InChI=1S/C29H35NO3/c1-29(2)27-14-11-25(33-4)17-21(27)7-13-28(29)26-12-10-24(32-3)18-22(26)19-30-16-15-20-5-8-23(31)9-6-20/h5-6,8-12,14,17-18,28,30-31H,7,13,15-16,19H2,1-4H3. The molecule has 0 radical (unpaired) electrons. The number of phenols is 1. The van der Waals surface area contributed by atoms with Crippen molar-refractivity contribution in [3.63, 3.8) is 0 Å². The highest BCUT2D eigenvalue weighted by atomic mass is 16.5. The molecule has 0 aliphatic heterocycles. The maximum Gasteiger partial charge on any atom is 0.119 e. The molecule has 1 unspecified atom stereocenters. The predicted molar refractivity (Wildman–Crippen MR) is 134 cm³/mol. The van der Waals surface area contributed by atoms with E-state index in [-0.39, 0.29) is 5.41 Å². The highest BCUT2D eigenvalue weighted by Gasteiger charge is 2.38. The van der Waals surface area contributed by atoms with Gasteiger partial charge in [0.2, 0.25) is 0 Å². The summed E-state index contributed by atoms with van der Waals surface area (Å²) in [5, 5.41) is 13.1. The first-order valence-electron chi connectivity index (χ1n) is 11.7. The average Bonchev–Trinajstić information content (AvgIpc) is 2.83. The van der Waals surface area contributed by atoms with Gasteiger partial charge in [-0.05, 0) is 101 Å². The second-order valence-corrected chi connectivity index (χ2v) is 9.49. The number of fused-ring (bicyclic) bond motifs is 1. The molecule has 0 saturated carbocycles. The van der Waals surface area contributed by atoms with Crippen molar-refractivity contribution in [2.45, 2.75) is 51.0 Å². The van der Waals surface area contributed by atoms with Crippen molar-refractivity contribution < 1.29 is 14.6 Å². The molecule has 0 saturated heterocycles. The van der Waals surface area contributed by atoms with Gasteiger partial charge in [-0.25, -0.2) is 0 Å². The minimum Gasteiger partial charge on any atom is -0.508 e. The number of aryl methyl sites for hydroxylation is 1. The fourth-order valence-corrected chi connectivity index (χ4v) is 5.25. The highest BCUT2D eigenvalue weighted by molar-refractivity contribution is 5.47. The van der Waals surface area contributed by atoms with Crippen LogP contribution in [0.2, 0.25) is 0 Å². The van der Waals surface area contributed by atoms with Gasteiger partial charge in [-0.15, -0.1) is 0 Å². The van der Waals surface area contributed by atoms with Crippen molar-refractivity contribution >= 4 is 0 Å². The SMILES string of the molecule is COc1ccc(C2CCc3cc(OC)ccc3C2(C)C)c(CNCCc2ccc(O)cc2)c1. The Kier molecular flexibility index (Phi) is 6.94. The fourth-order valence-electron chi connectivity index (χ4n) is 5.25. The molecule has 0 fully saturated rings. The zero-order valence-electron chi connectivity index (χ0n) is 20.2. The Bertz CT molecular complexity index is 1090. The Morgan fingerprint density at radius 1 is 0.939 bits per heavy atom. The quantitative estimate of drug-likeness (QED) is 0.434. The number of hydrogen-bond acceptors (Lipinski definition) is 4. The van der Waals surface area contributed by atoms with E-state index in [0.29, 0.717) is 11.7 Å². The summed E-state index contributed by atoms with van der Waals surface area (Å²) in [7, 11) is 3.46. The topological polar surface area (TPSA) is 50.7 Å². The lowest BCUT2D eigenvalue weighted by molar-refractivity contribution is 0.358. The van der Waals surface area contributed by atoms with Crippen LogP contribution in [0, 0.1) is 0 Å². The molecular weight excluding hydrogens is 410 g/mol. The monoisotopic (exact) mass is 445 g/mol. The number of hydrogen-bond donors (Lipinski definition) is 2. The lowest BCUT2D eigenvalue weighted by Gasteiger charge is -2.42. The number of phenolic OH excluding ortho intramolecular Hbond substituents is 1. The van der Waals surface area contributed by atoms with Crippen LogP contribution in [0.5, 0.6) is 17.2 Å². The Morgan fingerprint density at radius 2 is 1.64 bits per heavy atom. The Balaban J connectivity index is 1.54. The van der Waals surface area contributed by atoms with Gasteiger partial charge < -0.3 is 19.9 Å². The van der Waals surface area contributed by atoms with E-state index in [4.69, 9.17) is 9.47 Å². The number of methoxy groups -OCH3 is 2. The van der Waals surface area contributed by atoms with Gasteiger partial charge in [0.15, 0.2) is 0 Å². The molecular formula is C29H35NO3. The van der Waals surface area contributed by atoms with Crippen LogP contribution in [0.3, 0.4) is 0 Å². The van der Waals surface area contributed by atoms with Crippen LogP contribution < -0.4 is 14.8 Å². The predicted octanol–water partition coefficient (Wildman–Crippen LogP) is 5.75. The number of benzene rings is 3. The summed E-state index contributed by atoms with van der Waals surface area (Å²) < 4.78 is 11.0. The molecule has 0 aromatic heterocycles. The molecule has 1 atom stereocenters. The summed E-state index contributed by atoms with van der Waals surface area (Å²) in [6.45, 7) is 6.41. The third-order valence-corrected chi connectivity index (χ3v) is 7.15. The van der Waals surface area contributed by atoms with Crippen molar-refractivity contribution in [2.24, 2.45) is 0 Å². The molecule has 174 valence electrons. The van der Waals surface area contributed by atoms with E-state index in [1.165, 1.54) is 27.8 Å².